The molecule has 2 N–H and O–H groups in total. The molecular formula is C8H17NO. The molecule has 60 valence electrons. The van der Waals surface area contributed by atoms with Gasteiger partial charge in [-0.15, -0.1) is 0 Å². The second-order valence-corrected chi connectivity index (χ2v) is 3.24. The topological polar surface area (TPSA) is 32.3 Å². The molecule has 0 heterocycles. The maximum Gasteiger partial charge on any atom is 0.0555 e. The van der Waals surface area contributed by atoms with Crippen molar-refractivity contribution in [3.8, 4) is 0 Å². The van der Waals surface area contributed by atoms with Crippen LogP contribution in [0.25, 0.3) is 0 Å². The van der Waals surface area contributed by atoms with E-state index < -0.39 is 0 Å². The van der Waals surface area contributed by atoms with Gasteiger partial charge in [0.2, 0.25) is 0 Å². The van der Waals surface area contributed by atoms with E-state index in [0.717, 1.165) is 24.9 Å². The van der Waals surface area contributed by atoms with E-state index in [1.54, 1.807) is 0 Å². The lowest BCUT2D eigenvalue weighted by Gasteiger charge is -2.33. The van der Waals surface area contributed by atoms with Crippen LogP contribution in [0.1, 0.15) is 19.8 Å². The van der Waals surface area contributed by atoms with Gasteiger partial charge < -0.3 is 10.4 Å². The van der Waals surface area contributed by atoms with Gasteiger partial charge in [-0.05, 0) is 24.8 Å². The highest BCUT2D eigenvalue weighted by atomic mass is 16.3. The molecule has 2 atom stereocenters. The monoisotopic (exact) mass is 143 g/mol. The summed E-state index contributed by atoms with van der Waals surface area (Å²) in [6, 6.07) is 0. The second-order valence-electron chi connectivity index (χ2n) is 3.24. The molecule has 0 amide bonds. The minimum absolute atomic E-state index is 0.265. The summed E-state index contributed by atoms with van der Waals surface area (Å²) in [7, 11) is 0. The van der Waals surface area contributed by atoms with Gasteiger partial charge in [-0.3, -0.25) is 0 Å². The number of nitrogens with one attached hydrogen (secondary N) is 1. The van der Waals surface area contributed by atoms with Crippen LogP contribution in [0.15, 0.2) is 0 Å². The lowest BCUT2D eigenvalue weighted by Crippen LogP contribution is -2.34. The van der Waals surface area contributed by atoms with Gasteiger partial charge >= 0.3 is 0 Å². The molecule has 1 aliphatic carbocycles. The molecule has 0 spiro atoms. The predicted molar refractivity (Wildman–Crippen MR) is 41.8 cm³/mol. The number of hydrogen-bond donors (Lipinski definition) is 2. The fourth-order valence-corrected chi connectivity index (χ4v) is 1.41. The second kappa shape index (κ2) is 3.94. The maximum absolute atomic E-state index is 8.47. The van der Waals surface area contributed by atoms with Gasteiger partial charge in [0.1, 0.15) is 0 Å². The van der Waals surface area contributed by atoms with E-state index in [4.69, 9.17) is 5.11 Å². The summed E-state index contributed by atoms with van der Waals surface area (Å²) in [5.41, 5.74) is 0. The molecule has 1 fully saturated rings. The molecule has 10 heavy (non-hydrogen) atoms. The summed E-state index contributed by atoms with van der Waals surface area (Å²) in [5, 5.41) is 11.7. The molecule has 0 aromatic heterocycles. The molecule has 1 rings (SSSR count). The van der Waals surface area contributed by atoms with Crippen LogP contribution < -0.4 is 5.32 Å². The van der Waals surface area contributed by atoms with Crippen molar-refractivity contribution in [2.45, 2.75) is 19.8 Å². The molecule has 1 aliphatic rings. The third kappa shape index (κ3) is 1.96. The summed E-state index contributed by atoms with van der Waals surface area (Å²) in [6.07, 6.45) is 2.77. The quantitative estimate of drug-likeness (QED) is 0.565. The van der Waals surface area contributed by atoms with Crippen molar-refractivity contribution in [3.63, 3.8) is 0 Å². The van der Waals surface area contributed by atoms with E-state index in [1.807, 2.05) is 0 Å². The van der Waals surface area contributed by atoms with E-state index in [0.29, 0.717) is 0 Å². The summed E-state index contributed by atoms with van der Waals surface area (Å²) in [6.45, 7) is 4.42. The van der Waals surface area contributed by atoms with Crippen molar-refractivity contribution >= 4 is 0 Å². The van der Waals surface area contributed by atoms with Crippen molar-refractivity contribution in [1.82, 2.24) is 5.32 Å². The molecule has 0 saturated heterocycles. The first-order valence-electron chi connectivity index (χ1n) is 4.16. The number of aliphatic hydroxyl groups excluding tert-OH is 1. The standard InChI is InChI=1S/C8H17NO/c1-7-2-3-8(7)6-9-4-5-10/h7-10H,2-6H2,1H3/t7-,8+/m1/s1. The molecular weight excluding hydrogens is 126 g/mol. The van der Waals surface area contributed by atoms with Crippen LogP contribution in [0.3, 0.4) is 0 Å². The lowest BCUT2D eigenvalue weighted by molar-refractivity contribution is 0.186. The Hall–Kier alpha value is -0.0800. The first kappa shape index (κ1) is 8.02. The average molecular weight is 143 g/mol. The zero-order valence-corrected chi connectivity index (χ0v) is 6.64. The van der Waals surface area contributed by atoms with Crippen LogP contribution in [0, 0.1) is 11.8 Å². The predicted octanol–water partition coefficient (Wildman–Crippen LogP) is 0.614. The van der Waals surface area contributed by atoms with Crippen LogP contribution in [-0.4, -0.2) is 24.8 Å². The molecule has 0 aromatic carbocycles. The summed E-state index contributed by atoms with van der Waals surface area (Å²) < 4.78 is 0. The van der Waals surface area contributed by atoms with Crippen molar-refractivity contribution in [3.05, 3.63) is 0 Å². The highest BCUT2D eigenvalue weighted by Crippen LogP contribution is 2.32. The molecule has 0 bridgehead atoms. The van der Waals surface area contributed by atoms with Gasteiger partial charge in [0.25, 0.3) is 0 Å². The van der Waals surface area contributed by atoms with E-state index in [9.17, 15) is 0 Å². The fourth-order valence-electron chi connectivity index (χ4n) is 1.41. The number of hydrogen-bond acceptors (Lipinski definition) is 2. The third-order valence-electron chi connectivity index (χ3n) is 2.49. The fraction of sp³-hybridized carbons (Fsp3) is 1.00. The Bertz CT molecular complexity index is 95.3. The highest BCUT2D eigenvalue weighted by Gasteiger charge is 2.25. The molecule has 0 radical (unpaired) electrons. The van der Waals surface area contributed by atoms with Crippen molar-refractivity contribution in [2.75, 3.05) is 19.7 Å². The SMILES string of the molecule is C[C@@H]1CC[C@H]1CNCCO. The summed E-state index contributed by atoms with van der Waals surface area (Å²) in [5.74, 6) is 1.79. The Balaban J connectivity index is 1.92. The van der Waals surface area contributed by atoms with E-state index in [2.05, 4.69) is 12.2 Å². The van der Waals surface area contributed by atoms with Gasteiger partial charge in [0.05, 0.1) is 6.61 Å². The first-order chi connectivity index (χ1) is 4.84. The molecule has 0 unspecified atom stereocenters. The normalized spacial score (nSPS) is 31.8. The minimum Gasteiger partial charge on any atom is -0.395 e. The van der Waals surface area contributed by atoms with Crippen LogP contribution in [0.5, 0.6) is 0 Å². The van der Waals surface area contributed by atoms with Crippen LogP contribution in [0.4, 0.5) is 0 Å². The summed E-state index contributed by atoms with van der Waals surface area (Å²) >= 11 is 0. The smallest absolute Gasteiger partial charge is 0.0555 e. The Morgan fingerprint density at radius 2 is 2.30 bits per heavy atom. The third-order valence-corrected chi connectivity index (χ3v) is 2.49. The van der Waals surface area contributed by atoms with Crippen LogP contribution in [0.2, 0.25) is 0 Å². The molecule has 0 aliphatic heterocycles. The molecule has 2 heteroatoms. The van der Waals surface area contributed by atoms with E-state index in [-0.39, 0.29) is 6.61 Å². The minimum atomic E-state index is 0.265. The van der Waals surface area contributed by atoms with Crippen molar-refractivity contribution in [2.24, 2.45) is 11.8 Å². The molecule has 1 saturated carbocycles. The van der Waals surface area contributed by atoms with Crippen LogP contribution in [-0.2, 0) is 0 Å². The van der Waals surface area contributed by atoms with Gasteiger partial charge in [-0.25, -0.2) is 0 Å². The zero-order valence-electron chi connectivity index (χ0n) is 6.64. The van der Waals surface area contributed by atoms with Gasteiger partial charge in [0, 0.05) is 6.54 Å². The van der Waals surface area contributed by atoms with Gasteiger partial charge in [-0.1, -0.05) is 13.3 Å². The average Bonchev–Trinajstić information content (AvgIpc) is 1.95. The van der Waals surface area contributed by atoms with E-state index >= 15 is 0 Å². The largest absolute Gasteiger partial charge is 0.395 e. The highest BCUT2D eigenvalue weighted by molar-refractivity contribution is 4.78. The zero-order chi connectivity index (χ0) is 7.40. The molecule has 2 nitrogen and oxygen atoms in total. The first-order valence-corrected chi connectivity index (χ1v) is 4.16. The van der Waals surface area contributed by atoms with Crippen LogP contribution >= 0.6 is 0 Å². The van der Waals surface area contributed by atoms with Gasteiger partial charge in [-0.2, -0.15) is 0 Å². The number of rotatable bonds is 4. The van der Waals surface area contributed by atoms with E-state index in [1.165, 1.54) is 12.8 Å². The lowest BCUT2D eigenvalue weighted by atomic mass is 9.75. The number of aliphatic hydroxyl groups is 1. The Kier molecular flexibility index (Phi) is 3.16. The van der Waals surface area contributed by atoms with Gasteiger partial charge in [0.15, 0.2) is 0 Å². The molecule has 0 aromatic rings. The Morgan fingerprint density at radius 3 is 2.70 bits per heavy atom. The van der Waals surface area contributed by atoms with Crippen molar-refractivity contribution < 1.29 is 5.11 Å². The Labute approximate surface area is 62.6 Å². The maximum atomic E-state index is 8.47. The van der Waals surface area contributed by atoms with Crippen molar-refractivity contribution in [1.29, 1.82) is 0 Å². The summed E-state index contributed by atoms with van der Waals surface area (Å²) in [4.78, 5) is 0. The Morgan fingerprint density at radius 1 is 1.50 bits per heavy atom.